The van der Waals surface area contributed by atoms with Crippen LogP contribution in [-0.4, -0.2) is 53.5 Å². The van der Waals surface area contributed by atoms with E-state index in [2.05, 4.69) is 10.3 Å². The zero-order valence-electron chi connectivity index (χ0n) is 20.1. The van der Waals surface area contributed by atoms with Crippen molar-refractivity contribution in [3.05, 3.63) is 44.8 Å². The molecule has 2 amide bonds. The van der Waals surface area contributed by atoms with Crippen LogP contribution in [0.2, 0.25) is 0 Å². The molecule has 0 spiro atoms. The van der Waals surface area contributed by atoms with Crippen molar-refractivity contribution in [2.45, 2.75) is 32.7 Å². The zero-order valence-corrected chi connectivity index (χ0v) is 22.6. The van der Waals surface area contributed by atoms with Crippen molar-refractivity contribution in [1.82, 2.24) is 4.57 Å². The minimum Gasteiger partial charge on any atom is -0.465 e. The van der Waals surface area contributed by atoms with Crippen molar-refractivity contribution in [2.75, 3.05) is 30.5 Å². The SMILES string of the molecule is CCOC(=O)Cn1c(=NC(=O)CSCC(=O)Nc2sc3c(c2C(=O)OC)CCC3)sc2cc(F)ccc21. The molecule has 2 heterocycles. The number of thiophene rings is 1. The summed E-state index contributed by atoms with van der Waals surface area (Å²) in [7, 11) is 1.31. The normalized spacial score (nSPS) is 13.0. The number of benzene rings is 1. The van der Waals surface area contributed by atoms with Gasteiger partial charge in [-0.05, 0) is 49.9 Å². The molecule has 196 valence electrons. The van der Waals surface area contributed by atoms with Crippen LogP contribution in [-0.2, 0) is 43.2 Å². The fraction of sp³-hybridized carbons (Fsp3) is 0.375. The Balaban J connectivity index is 1.42. The van der Waals surface area contributed by atoms with Crippen molar-refractivity contribution >= 4 is 73.4 Å². The average Bonchev–Trinajstić information content (AvgIpc) is 3.52. The van der Waals surface area contributed by atoms with Gasteiger partial charge in [0.25, 0.3) is 5.91 Å². The van der Waals surface area contributed by atoms with Crippen molar-refractivity contribution in [2.24, 2.45) is 4.99 Å². The number of hydrogen-bond donors (Lipinski definition) is 1. The van der Waals surface area contributed by atoms with Gasteiger partial charge in [-0.3, -0.25) is 14.4 Å². The quantitative estimate of drug-likeness (QED) is 0.395. The van der Waals surface area contributed by atoms with E-state index in [0.717, 1.165) is 52.8 Å². The molecule has 0 fully saturated rings. The maximum absolute atomic E-state index is 13.7. The van der Waals surface area contributed by atoms with Gasteiger partial charge in [0.1, 0.15) is 17.4 Å². The summed E-state index contributed by atoms with van der Waals surface area (Å²) in [5, 5.41) is 3.24. The lowest BCUT2D eigenvalue weighted by Crippen LogP contribution is -2.23. The smallest absolute Gasteiger partial charge is 0.341 e. The maximum Gasteiger partial charge on any atom is 0.341 e. The maximum atomic E-state index is 13.7. The molecule has 4 rings (SSSR count). The predicted octanol–water partition coefficient (Wildman–Crippen LogP) is 3.54. The van der Waals surface area contributed by atoms with Crippen LogP contribution >= 0.6 is 34.4 Å². The number of ether oxygens (including phenoxy) is 2. The number of anilines is 1. The number of fused-ring (bicyclic) bond motifs is 2. The summed E-state index contributed by atoms with van der Waals surface area (Å²) >= 11 is 3.54. The van der Waals surface area contributed by atoms with Gasteiger partial charge in [0, 0.05) is 4.88 Å². The molecule has 1 N–H and O–H groups in total. The van der Waals surface area contributed by atoms with Crippen LogP contribution in [0.1, 0.15) is 34.1 Å². The molecule has 0 aliphatic heterocycles. The first kappa shape index (κ1) is 27.0. The number of nitrogens with one attached hydrogen (secondary N) is 1. The molecule has 1 aromatic carbocycles. The third-order valence-corrected chi connectivity index (χ3v) is 8.65. The Morgan fingerprint density at radius 1 is 1.19 bits per heavy atom. The van der Waals surface area contributed by atoms with Crippen LogP contribution in [0.15, 0.2) is 23.2 Å². The summed E-state index contributed by atoms with van der Waals surface area (Å²) in [5.41, 5.74) is 1.91. The first-order valence-corrected chi connectivity index (χ1v) is 14.2. The summed E-state index contributed by atoms with van der Waals surface area (Å²) in [6, 6.07) is 4.10. The Kier molecular flexibility index (Phi) is 8.77. The van der Waals surface area contributed by atoms with Crippen LogP contribution in [0.4, 0.5) is 9.39 Å². The largest absolute Gasteiger partial charge is 0.465 e. The topological polar surface area (TPSA) is 116 Å². The van der Waals surface area contributed by atoms with Crippen molar-refractivity contribution < 1.29 is 33.0 Å². The summed E-state index contributed by atoms with van der Waals surface area (Å²) in [5.74, 6) is -2.38. The minimum absolute atomic E-state index is 0.0229. The molecule has 37 heavy (non-hydrogen) atoms. The molecule has 3 aromatic rings. The fourth-order valence-corrected chi connectivity index (χ4v) is 6.93. The van der Waals surface area contributed by atoms with Gasteiger partial charge in [-0.25, -0.2) is 9.18 Å². The molecule has 2 aromatic heterocycles. The van der Waals surface area contributed by atoms with Gasteiger partial charge in [-0.2, -0.15) is 4.99 Å². The van der Waals surface area contributed by atoms with E-state index in [4.69, 9.17) is 9.47 Å². The second kappa shape index (κ2) is 12.0. The molecular formula is C24H24FN3O6S3. The Labute approximate surface area is 223 Å². The van der Waals surface area contributed by atoms with Gasteiger partial charge in [0.2, 0.25) is 5.91 Å². The Morgan fingerprint density at radius 3 is 2.76 bits per heavy atom. The summed E-state index contributed by atoms with van der Waals surface area (Å²) in [6.07, 6.45) is 2.61. The van der Waals surface area contributed by atoms with Gasteiger partial charge in [-0.15, -0.1) is 23.1 Å². The van der Waals surface area contributed by atoms with Crippen LogP contribution in [0.3, 0.4) is 0 Å². The number of rotatable bonds is 9. The number of thioether (sulfide) groups is 1. The minimum atomic E-state index is -0.507. The lowest BCUT2D eigenvalue weighted by molar-refractivity contribution is -0.143. The monoisotopic (exact) mass is 565 g/mol. The predicted molar refractivity (Wildman–Crippen MR) is 141 cm³/mol. The number of aryl methyl sites for hydroxylation is 1. The fourth-order valence-electron chi connectivity index (χ4n) is 3.96. The number of hydrogen-bond acceptors (Lipinski definition) is 9. The van der Waals surface area contributed by atoms with Crippen molar-refractivity contribution in [1.29, 1.82) is 0 Å². The number of esters is 2. The van der Waals surface area contributed by atoms with E-state index in [-0.39, 0.29) is 35.4 Å². The van der Waals surface area contributed by atoms with E-state index in [1.54, 1.807) is 6.92 Å². The summed E-state index contributed by atoms with van der Waals surface area (Å²) in [4.78, 5) is 54.8. The molecule has 0 atom stereocenters. The molecule has 1 aliphatic carbocycles. The Bertz CT molecular complexity index is 1440. The van der Waals surface area contributed by atoms with Gasteiger partial charge in [-0.1, -0.05) is 11.3 Å². The number of carbonyl (C=O) groups is 4. The zero-order chi connectivity index (χ0) is 26.5. The second-order valence-electron chi connectivity index (χ2n) is 7.99. The Hall–Kier alpha value is -3.03. The van der Waals surface area contributed by atoms with Crippen LogP contribution in [0.25, 0.3) is 10.2 Å². The molecule has 13 heteroatoms. The van der Waals surface area contributed by atoms with E-state index in [0.29, 0.717) is 20.8 Å². The highest BCUT2D eigenvalue weighted by molar-refractivity contribution is 8.00. The average molecular weight is 566 g/mol. The number of methoxy groups -OCH3 is 1. The number of carbonyl (C=O) groups excluding carboxylic acids is 4. The van der Waals surface area contributed by atoms with Gasteiger partial charge >= 0.3 is 11.9 Å². The molecule has 0 unspecified atom stereocenters. The van der Waals surface area contributed by atoms with E-state index in [1.165, 1.54) is 41.2 Å². The highest BCUT2D eigenvalue weighted by Crippen LogP contribution is 2.39. The van der Waals surface area contributed by atoms with Crippen molar-refractivity contribution in [3.8, 4) is 0 Å². The van der Waals surface area contributed by atoms with Gasteiger partial charge in [0.15, 0.2) is 4.80 Å². The summed E-state index contributed by atoms with van der Waals surface area (Å²) < 4.78 is 25.6. The van der Waals surface area contributed by atoms with E-state index in [9.17, 15) is 23.6 Å². The highest BCUT2D eigenvalue weighted by atomic mass is 32.2. The second-order valence-corrected chi connectivity index (χ2v) is 11.1. The highest BCUT2D eigenvalue weighted by Gasteiger charge is 2.28. The van der Waals surface area contributed by atoms with E-state index >= 15 is 0 Å². The van der Waals surface area contributed by atoms with E-state index < -0.39 is 23.7 Å². The van der Waals surface area contributed by atoms with Crippen LogP contribution < -0.4 is 10.1 Å². The molecule has 0 radical (unpaired) electrons. The molecule has 9 nitrogen and oxygen atoms in total. The number of amides is 2. The third kappa shape index (κ3) is 6.28. The molecule has 0 saturated heterocycles. The lowest BCUT2D eigenvalue weighted by atomic mass is 10.1. The summed E-state index contributed by atoms with van der Waals surface area (Å²) in [6.45, 7) is 1.72. The van der Waals surface area contributed by atoms with Crippen LogP contribution in [0, 0.1) is 5.82 Å². The number of thiazole rings is 1. The number of halogens is 1. The number of aromatic nitrogens is 1. The first-order chi connectivity index (χ1) is 17.8. The molecule has 0 saturated carbocycles. The Morgan fingerprint density at radius 2 is 2.00 bits per heavy atom. The van der Waals surface area contributed by atoms with Gasteiger partial charge in [0.05, 0.1) is 41.0 Å². The van der Waals surface area contributed by atoms with Crippen LogP contribution in [0.5, 0.6) is 0 Å². The lowest BCUT2D eigenvalue weighted by Gasteiger charge is -2.06. The molecular weight excluding hydrogens is 541 g/mol. The van der Waals surface area contributed by atoms with Crippen molar-refractivity contribution in [3.63, 3.8) is 0 Å². The van der Waals surface area contributed by atoms with E-state index in [1.807, 2.05) is 0 Å². The first-order valence-electron chi connectivity index (χ1n) is 11.4. The third-order valence-electron chi connectivity index (χ3n) is 5.48. The molecule has 1 aliphatic rings. The number of nitrogens with zero attached hydrogens (tertiary/aromatic N) is 2. The standard InChI is InChI=1S/C24H24FN3O6S3/c1-3-34-20(31)10-28-15-8-7-13(25)9-17(15)37-24(28)27-19(30)12-35-11-18(29)26-22-21(23(32)33-2)14-5-4-6-16(14)36-22/h7-9H,3-6,10-12H2,1-2H3,(H,26,29). The molecule has 0 bridgehead atoms. The van der Waals surface area contributed by atoms with Gasteiger partial charge < -0.3 is 19.4 Å².